The highest BCUT2D eigenvalue weighted by Crippen LogP contribution is 2.49. The van der Waals surface area contributed by atoms with Crippen LogP contribution < -0.4 is 0 Å². The van der Waals surface area contributed by atoms with E-state index in [0.29, 0.717) is 0 Å². The summed E-state index contributed by atoms with van der Waals surface area (Å²) in [5, 5.41) is -1.61. The van der Waals surface area contributed by atoms with Crippen LogP contribution in [0.2, 0.25) is 0 Å². The van der Waals surface area contributed by atoms with Crippen molar-refractivity contribution in [3.63, 3.8) is 0 Å². The number of ether oxygens (including phenoxy) is 2. The maximum Gasteiger partial charge on any atom is 0.327 e. The Labute approximate surface area is 86.2 Å². The van der Waals surface area contributed by atoms with Gasteiger partial charge in [0.25, 0.3) is 8.03 Å². The van der Waals surface area contributed by atoms with E-state index in [9.17, 15) is 9.13 Å². The molecule has 1 atom stereocenters. The second-order valence-corrected chi connectivity index (χ2v) is 4.97. The predicted molar refractivity (Wildman–Crippen MR) is 54.2 cm³/mol. The van der Waals surface area contributed by atoms with Crippen LogP contribution in [0.25, 0.3) is 0 Å². The Balaban J connectivity index is 4.62. The minimum Gasteiger partial charge on any atom is -0.333 e. The van der Waals surface area contributed by atoms with Crippen LogP contribution in [0.1, 0.15) is 20.8 Å². The summed E-state index contributed by atoms with van der Waals surface area (Å²) in [5.41, 5.74) is 0. The zero-order valence-corrected chi connectivity index (χ0v) is 10.5. The lowest BCUT2D eigenvalue weighted by atomic mass is 10.8. The van der Waals surface area contributed by atoms with Gasteiger partial charge in [-0.25, -0.2) is 0 Å². The Morgan fingerprint density at radius 2 is 1.64 bits per heavy atom. The molecule has 0 radical (unpaired) electrons. The zero-order chi connectivity index (χ0) is 11.0. The third-order valence-electron chi connectivity index (χ3n) is 1.33. The highest BCUT2D eigenvalue weighted by Gasteiger charge is 2.41. The van der Waals surface area contributed by atoms with Gasteiger partial charge in [0, 0.05) is 13.2 Å². The van der Waals surface area contributed by atoms with Gasteiger partial charge in [0.15, 0.2) is 0 Å². The third kappa shape index (κ3) is 3.76. The summed E-state index contributed by atoms with van der Waals surface area (Å²) in [4.78, 5) is 0. The standard InChI is InChI=1S/C7H16O5P2/c1-4-10-7(13-8,11-5-2)14(9)12-6-3/h14H,4-6H2,1-3H3. The zero-order valence-electron chi connectivity index (χ0n) is 8.61. The molecule has 5 nitrogen and oxygen atoms in total. The summed E-state index contributed by atoms with van der Waals surface area (Å²) in [6, 6.07) is 0. The van der Waals surface area contributed by atoms with E-state index in [1.165, 1.54) is 0 Å². The Kier molecular flexibility index (Phi) is 7.61. The molecule has 0 saturated heterocycles. The molecule has 0 rings (SSSR count). The van der Waals surface area contributed by atoms with E-state index in [-0.39, 0.29) is 19.8 Å². The van der Waals surface area contributed by atoms with Crippen molar-refractivity contribution in [3.8, 4) is 0 Å². The average Bonchev–Trinajstić information content (AvgIpc) is 2.17. The highest BCUT2D eigenvalue weighted by atomic mass is 31.2. The lowest BCUT2D eigenvalue weighted by Gasteiger charge is -2.24. The van der Waals surface area contributed by atoms with Crippen molar-refractivity contribution in [2.24, 2.45) is 0 Å². The largest absolute Gasteiger partial charge is 0.333 e. The molecular weight excluding hydrogens is 226 g/mol. The molecular formula is C7H16O5P2. The third-order valence-corrected chi connectivity index (χ3v) is 4.01. The Hall–Kier alpha value is 0.210. The number of hydrogen-bond acceptors (Lipinski definition) is 5. The van der Waals surface area contributed by atoms with Crippen LogP contribution in [0.5, 0.6) is 0 Å². The van der Waals surface area contributed by atoms with Gasteiger partial charge >= 0.3 is 5.27 Å². The molecule has 14 heavy (non-hydrogen) atoms. The molecule has 0 aromatic rings. The van der Waals surface area contributed by atoms with Crippen molar-refractivity contribution in [2.45, 2.75) is 26.0 Å². The van der Waals surface area contributed by atoms with Crippen molar-refractivity contribution >= 4 is 16.5 Å². The molecule has 0 aromatic carbocycles. The summed E-state index contributed by atoms with van der Waals surface area (Å²) in [7, 11) is -3.10. The average molecular weight is 242 g/mol. The van der Waals surface area contributed by atoms with Gasteiger partial charge in [-0.2, -0.15) is 0 Å². The topological polar surface area (TPSA) is 61.8 Å². The molecule has 0 N–H and O–H groups in total. The molecule has 7 heteroatoms. The molecule has 0 amide bonds. The molecule has 84 valence electrons. The molecule has 0 saturated carbocycles. The Morgan fingerprint density at radius 3 is 1.93 bits per heavy atom. The van der Waals surface area contributed by atoms with Gasteiger partial charge < -0.3 is 14.0 Å². The van der Waals surface area contributed by atoms with Crippen LogP contribution in [-0.2, 0) is 23.1 Å². The van der Waals surface area contributed by atoms with Crippen LogP contribution in [-0.4, -0.2) is 25.1 Å². The van der Waals surface area contributed by atoms with E-state index in [4.69, 9.17) is 14.0 Å². The number of hydrogen-bond donors (Lipinski definition) is 0. The molecule has 0 bridgehead atoms. The van der Waals surface area contributed by atoms with E-state index in [0.717, 1.165) is 0 Å². The summed E-state index contributed by atoms with van der Waals surface area (Å²) in [6.07, 6.45) is 0. The second-order valence-electron chi connectivity index (χ2n) is 2.26. The van der Waals surface area contributed by atoms with Crippen LogP contribution in [0.4, 0.5) is 0 Å². The monoisotopic (exact) mass is 242 g/mol. The predicted octanol–water partition coefficient (Wildman–Crippen LogP) is 2.47. The van der Waals surface area contributed by atoms with E-state index in [2.05, 4.69) is 0 Å². The summed E-state index contributed by atoms with van der Waals surface area (Å²) < 4.78 is 37.6. The normalized spacial score (nSPS) is 14.5. The first-order chi connectivity index (χ1) is 6.66. The maximum absolute atomic E-state index is 11.6. The number of rotatable bonds is 8. The summed E-state index contributed by atoms with van der Waals surface area (Å²) >= 11 is 0. The van der Waals surface area contributed by atoms with Crippen molar-refractivity contribution in [1.82, 2.24) is 0 Å². The summed E-state index contributed by atoms with van der Waals surface area (Å²) in [6.45, 7) is 5.92. The van der Waals surface area contributed by atoms with Gasteiger partial charge in [0.1, 0.15) is 0 Å². The molecule has 0 aliphatic rings. The highest BCUT2D eigenvalue weighted by molar-refractivity contribution is 7.54. The van der Waals surface area contributed by atoms with Crippen LogP contribution in [0, 0.1) is 0 Å². The van der Waals surface area contributed by atoms with Gasteiger partial charge in [-0.3, -0.25) is 9.13 Å². The maximum atomic E-state index is 11.6. The first kappa shape index (κ1) is 14.2. The van der Waals surface area contributed by atoms with Crippen LogP contribution in [0.15, 0.2) is 0 Å². The van der Waals surface area contributed by atoms with Gasteiger partial charge in [0.05, 0.1) is 6.61 Å². The van der Waals surface area contributed by atoms with Crippen molar-refractivity contribution in [2.75, 3.05) is 19.8 Å². The molecule has 1 unspecified atom stereocenters. The minimum atomic E-state index is -2.63. The smallest absolute Gasteiger partial charge is 0.327 e. The Morgan fingerprint density at radius 1 is 1.14 bits per heavy atom. The quantitative estimate of drug-likeness (QED) is 0.483. The van der Waals surface area contributed by atoms with Crippen molar-refractivity contribution in [1.29, 1.82) is 0 Å². The second kappa shape index (κ2) is 7.49. The lowest BCUT2D eigenvalue weighted by Crippen LogP contribution is -2.26. The van der Waals surface area contributed by atoms with E-state index in [1.54, 1.807) is 20.8 Å². The summed E-state index contributed by atoms with van der Waals surface area (Å²) in [5.74, 6) is 0. The van der Waals surface area contributed by atoms with E-state index < -0.39 is 21.8 Å². The molecule has 0 spiro atoms. The SMILES string of the molecule is CCO[PH](=O)C(OCC)(OCC)P=O. The molecule has 0 heterocycles. The van der Waals surface area contributed by atoms with E-state index in [1.807, 2.05) is 0 Å². The fourth-order valence-electron chi connectivity index (χ4n) is 0.863. The van der Waals surface area contributed by atoms with Crippen LogP contribution in [0.3, 0.4) is 0 Å². The Bertz CT molecular complexity index is 191. The fraction of sp³-hybridized carbons (Fsp3) is 1.00. The molecule has 0 aliphatic carbocycles. The minimum absolute atomic E-state index is 0.263. The van der Waals surface area contributed by atoms with Crippen LogP contribution >= 0.6 is 16.5 Å². The molecule has 0 aliphatic heterocycles. The van der Waals surface area contributed by atoms with Gasteiger partial charge in [0.2, 0.25) is 8.46 Å². The van der Waals surface area contributed by atoms with Gasteiger partial charge in [-0.1, -0.05) is 0 Å². The fourth-order valence-corrected chi connectivity index (χ4v) is 2.69. The van der Waals surface area contributed by atoms with Gasteiger partial charge in [-0.05, 0) is 20.8 Å². The molecule has 0 aromatic heterocycles. The van der Waals surface area contributed by atoms with Gasteiger partial charge in [-0.15, -0.1) is 0 Å². The van der Waals surface area contributed by atoms with Crippen molar-refractivity contribution in [3.05, 3.63) is 0 Å². The first-order valence-corrected chi connectivity index (χ1v) is 6.59. The van der Waals surface area contributed by atoms with Crippen molar-refractivity contribution < 1.29 is 23.1 Å². The lowest BCUT2D eigenvalue weighted by molar-refractivity contribution is -0.116. The molecule has 0 fully saturated rings. The van der Waals surface area contributed by atoms with E-state index >= 15 is 0 Å². The first-order valence-electron chi connectivity index (χ1n) is 4.46.